The molecule has 2 rings (SSSR count). The first-order valence-electron chi connectivity index (χ1n) is 8.05. The summed E-state index contributed by atoms with van der Waals surface area (Å²) in [5.41, 5.74) is 0. The van der Waals surface area contributed by atoms with Crippen molar-refractivity contribution in [3.8, 4) is 5.75 Å². The van der Waals surface area contributed by atoms with Crippen LogP contribution in [0.5, 0.6) is 5.75 Å². The van der Waals surface area contributed by atoms with Gasteiger partial charge < -0.3 is 19.3 Å². The minimum Gasteiger partial charge on any atom is -0.491 e. The summed E-state index contributed by atoms with van der Waals surface area (Å²) in [6, 6.07) is 7.20. The predicted molar refractivity (Wildman–Crippen MR) is 90.2 cm³/mol. The zero-order chi connectivity index (χ0) is 16.7. The summed E-state index contributed by atoms with van der Waals surface area (Å²) < 4.78 is 16.7. The van der Waals surface area contributed by atoms with E-state index in [1.54, 1.807) is 12.1 Å². The lowest BCUT2D eigenvalue weighted by Gasteiger charge is -2.36. The van der Waals surface area contributed by atoms with Crippen molar-refractivity contribution in [3.63, 3.8) is 0 Å². The maximum Gasteiger partial charge on any atom is 0.119 e. The summed E-state index contributed by atoms with van der Waals surface area (Å²) in [6.07, 6.45) is -0.0812. The largest absolute Gasteiger partial charge is 0.491 e. The maximum absolute atomic E-state index is 10.1. The minimum absolute atomic E-state index is 0.208. The fraction of sp³-hybridized carbons (Fsp3) is 0.647. The van der Waals surface area contributed by atoms with Gasteiger partial charge in [0.25, 0.3) is 0 Å². The molecule has 1 aliphatic rings. The van der Waals surface area contributed by atoms with Crippen LogP contribution in [0, 0.1) is 0 Å². The van der Waals surface area contributed by atoms with E-state index in [1.807, 2.05) is 12.1 Å². The highest BCUT2D eigenvalue weighted by Crippen LogP contribution is 2.15. The number of rotatable bonds is 8. The third-order valence-electron chi connectivity index (χ3n) is 3.58. The molecule has 1 saturated heterocycles. The topological polar surface area (TPSA) is 51.2 Å². The molecule has 1 aromatic rings. The van der Waals surface area contributed by atoms with E-state index in [0.717, 1.165) is 18.8 Å². The fourth-order valence-electron chi connectivity index (χ4n) is 2.75. The monoisotopic (exact) mass is 343 g/mol. The molecule has 5 nitrogen and oxygen atoms in total. The van der Waals surface area contributed by atoms with Crippen LogP contribution in [0.3, 0.4) is 0 Å². The Morgan fingerprint density at radius 3 is 2.52 bits per heavy atom. The molecular weight excluding hydrogens is 318 g/mol. The number of β-amino-alcohol motifs (C(OH)–C–C–N with tert-alkyl or cyclic N) is 1. The smallest absolute Gasteiger partial charge is 0.119 e. The quantitative estimate of drug-likeness (QED) is 0.733. The second-order valence-electron chi connectivity index (χ2n) is 6.01. The summed E-state index contributed by atoms with van der Waals surface area (Å²) >= 11 is 5.81. The second-order valence-corrected chi connectivity index (χ2v) is 6.44. The van der Waals surface area contributed by atoms with Crippen LogP contribution in [0.2, 0.25) is 5.02 Å². The number of aliphatic hydroxyl groups is 1. The van der Waals surface area contributed by atoms with Crippen LogP contribution in [-0.4, -0.2) is 67.8 Å². The van der Waals surface area contributed by atoms with Crippen LogP contribution >= 0.6 is 11.6 Å². The molecule has 1 aromatic carbocycles. The first-order chi connectivity index (χ1) is 11.0. The van der Waals surface area contributed by atoms with Crippen molar-refractivity contribution in [1.82, 2.24) is 4.90 Å². The Labute approximate surface area is 143 Å². The Bertz CT molecular complexity index is 446. The number of morpholine rings is 1. The Morgan fingerprint density at radius 2 is 1.87 bits per heavy atom. The predicted octanol–water partition coefficient (Wildman–Crippen LogP) is 2.21. The Morgan fingerprint density at radius 1 is 1.22 bits per heavy atom. The molecule has 0 aliphatic carbocycles. The van der Waals surface area contributed by atoms with Crippen molar-refractivity contribution in [2.45, 2.75) is 32.2 Å². The normalized spacial score (nSPS) is 23.7. The van der Waals surface area contributed by atoms with Crippen molar-refractivity contribution in [3.05, 3.63) is 29.3 Å². The molecule has 0 amide bonds. The van der Waals surface area contributed by atoms with Gasteiger partial charge in [-0.15, -0.1) is 0 Å². The molecule has 3 unspecified atom stereocenters. The van der Waals surface area contributed by atoms with E-state index in [0.29, 0.717) is 31.4 Å². The zero-order valence-electron chi connectivity index (χ0n) is 13.8. The highest BCUT2D eigenvalue weighted by molar-refractivity contribution is 6.30. The lowest BCUT2D eigenvalue weighted by atomic mass is 10.2. The highest BCUT2D eigenvalue weighted by Gasteiger charge is 2.23. The van der Waals surface area contributed by atoms with E-state index in [9.17, 15) is 5.11 Å². The first-order valence-corrected chi connectivity index (χ1v) is 8.42. The lowest BCUT2D eigenvalue weighted by molar-refractivity contribution is -0.0824. The number of nitrogens with zero attached hydrogens (tertiary/aromatic N) is 1. The van der Waals surface area contributed by atoms with Crippen molar-refractivity contribution >= 4 is 11.6 Å². The van der Waals surface area contributed by atoms with Gasteiger partial charge in [-0.1, -0.05) is 11.6 Å². The Balaban J connectivity index is 1.56. The van der Waals surface area contributed by atoms with E-state index < -0.39 is 6.10 Å². The van der Waals surface area contributed by atoms with E-state index in [1.165, 1.54) is 0 Å². The molecule has 1 heterocycles. The summed E-state index contributed by atoms with van der Waals surface area (Å²) in [5, 5.41) is 10.7. The van der Waals surface area contributed by atoms with Crippen molar-refractivity contribution in [2.75, 3.05) is 39.5 Å². The van der Waals surface area contributed by atoms with E-state index in [4.69, 9.17) is 25.8 Å². The molecule has 1 N–H and O–H groups in total. The van der Waals surface area contributed by atoms with Crippen LogP contribution in [0.1, 0.15) is 13.8 Å². The van der Waals surface area contributed by atoms with Crippen LogP contribution in [0.15, 0.2) is 24.3 Å². The van der Waals surface area contributed by atoms with Gasteiger partial charge in [0.05, 0.1) is 31.5 Å². The number of hydrogen-bond donors (Lipinski definition) is 1. The zero-order valence-corrected chi connectivity index (χ0v) is 14.5. The van der Waals surface area contributed by atoms with E-state index in [-0.39, 0.29) is 12.2 Å². The molecule has 23 heavy (non-hydrogen) atoms. The van der Waals surface area contributed by atoms with E-state index in [2.05, 4.69) is 18.7 Å². The van der Waals surface area contributed by atoms with Gasteiger partial charge in [0.2, 0.25) is 0 Å². The molecule has 0 radical (unpaired) electrons. The van der Waals surface area contributed by atoms with Crippen molar-refractivity contribution in [1.29, 1.82) is 0 Å². The van der Waals surface area contributed by atoms with Crippen molar-refractivity contribution < 1.29 is 19.3 Å². The summed E-state index contributed by atoms with van der Waals surface area (Å²) in [5.74, 6) is 0.759. The third-order valence-corrected chi connectivity index (χ3v) is 3.84. The van der Waals surface area contributed by atoms with Crippen LogP contribution in [-0.2, 0) is 9.47 Å². The lowest BCUT2D eigenvalue weighted by Crippen LogP contribution is -2.48. The molecule has 0 aromatic heterocycles. The van der Waals surface area contributed by atoms with Gasteiger partial charge in [-0.3, -0.25) is 4.90 Å². The molecule has 0 bridgehead atoms. The molecule has 130 valence electrons. The average Bonchev–Trinajstić information content (AvgIpc) is 2.47. The standard InChI is InChI=1S/C17H26ClNO4/c1-13-9-19(10-14(2)23-13)11-16(20)12-21-7-8-22-17-5-3-15(18)4-6-17/h3-6,13-14,16,20H,7-12H2,1-2H3. The van der Waals surface area contributed by atoms with Crippen LogP contribution < -0.4 is 4.74 Å². The Hall–Kier alpha value is -0.850. The SMILES string of the molecule is CC1CN(CC(O)COCCOc2ccc(Cl)cc2)CC(C)O1. The first kappa shape index (κ1) is 18.5. The summed E-state index contributed by atoms with van der Waals surface area (Å²) in [6.45, 7) is 7.61. The molecule has 0 spiro atoms. The van der Waals surface area contributed by atoms with Gasteiger partial charge in [-0.05, 0) is 38.1 Å². The van der Waals surface area contributed by atoms with Gasteiger partial charge in [0.15, 0.2) is 0 Å². The minimum atomic E-state index is -0.497. The number of hydrogen-bond acceptors (Lipinski definition) is 5. The van der Waals surface area contributed by atoms with Crippen LogP contribution in [0.25, 0.3) is 0 Å². The van der Waals surface area contributed by atoms with Crippen molar-refractivity contribution in [2.24, 2.45) is 0 Å². The number of ether oxygens (including phenoxy) is 3. The highest BCUT2D eigenvalue weighted by atomic mass is 35.5. The Kier molecular flexibility index (Phi) is 7.59. The number of benzene rings is 1. The maximum atomic E-state index is 10.1. The summed E-state index contributed by atoms with van der Waals surface area (Å²) in [4.78, 5) is 2.22. The van der Waals surface area contributed by atoms with Gasteiger partial charge in [-0.25, -0.2) is 0 Å². The molecule has 3 atom stereocenters. The molecule has 0 saturated carbocycles. The van der Waals surface area contributed by atoms with Crippen LogP contribution in [0.4, 0.5) is 0 Å². The number of halogens is 1. The molecular formula is C17H26ClNO4. The molecule has 1 aliphatic heterocycles. The molecule has 6 heteroatoms. The van der Waals surface area contributed by atoms with Gasteiger partial charge in [0.1, 0.15) is 12.4 Å². The van der Waals surface area contributed by atoms with Gasteiger partial charge in [-0.2, -0.15) is 0 Å². The average molecular weight is 344 g/mol. The number of aliphatic hydroxyl groups excluding tert-OH is 1. The second kappa shape index (κ2) is 9.45. The third kappa shape index (κ3) is 7.06. The van der Waals surface area contributed by atoms with Gasteiger partial charge in [0, 0.05) is 24.7 Å². The molecule has 1 fully saturated rings. The fourth-order valence-corrected chi connectivity index (χ4v) is 2.88. The van der Waals surface area contributed by atoms with Gasteiger partial charge >= 0.3 is 0 Å². The van der Waals surface area contributed by atoms with E-state index >= 15 is 0 Å². The summed E-state index contributed by atoms with van der Waals surface area (Å²) in [7, 11) is 0.